The molecule has 0 spiro atoms. The molecule has 2 rings (SSSR count). The second-order valence-electron chi connectivity index (χ2n) is 5.02. The van der Waals surface area contributed by atoms with E-state index in [0.29, 0.717) is 18.8 Å². The highest BCUT2D eigenvalue weighted by Crippen LogP contribution is 2.19. The standard InChI is InChI=1S/C15H19N3O5/c1-22-14(20)8-12(16)15(21)17-10-2-4-11(5-3-10)18-6-7-23-9-13(18)19/h2-5,12H,6-9,16H2,1H3,(H,17,21). The van der Waals surface area contributed by atoms with Crippen molar-refractivity contribution in [3.63, 3.8) is 0 Å². The highest BCUT2D eigenvalue weighted by atomic mass is 16.5. The van der Waals surface area contributed by atoms with E-state index >= 15 is 0 Å². The zero-order chi connectivity index (χ0) is 16.8. The van der Waals surface area contributed by atoms with Crippen molar-refractivity contribution in [2.45, 2.75) is 12.5 Å². The van der Waals surface area contributed by atoms with E-state index in [-0.39, 0.29) is 18.9 Å². The van der Waals surface area contributed by atoms with Crippen LogP contribution in [0.5, 0.6) is 0 Å². The average molecular weight is 321 g/mol. The lowest BCUT2D eigenvalue weighted by molar-refractivity contribution is -0.142. The Morgan fingerprint density at radius 1 is 1.39 bits per heavy atom. The SMILES string of the molecule is COC(=O)CC(N)C(=O)Nc1ccc(N2CCOCC2=O)cc1. The minimum absolute atomic E-state index is 0.0703. The molecular formula is C15H19N3O5. The van der Waals surface area contributed by atoms with E-state index in [1.807, 2.05) is 0 Å². The van der Waals surface area contributed by atoms with Crippen LogP contribution in [0.3, 0.4) is 0 Å². The number of carbonyl (C=O) groups is 3. The predicted octanol–water partition coefficient (Wildman–Crippen LogP) is -0.121. The molecule has 0 aliphatic carbocycles. The Labute approximate surface area is 133 Å². The van der Waals surface area contributed by atoms with Crippen molar-refractivity contribution in [3.05, 3.63) is 24.3 Å². The Hall–Kier alpha value is -2.45. The van der Waals surface area contributed by atoms with E-state index in [1.54, 1.807) is 29.2 Å². The fourth-order valence-corrected chi connectivity index (χ4v) is 2.11. The van der Waals surface area contributed by atoms with Crippen molar-refractivity contribution in [2.75, 3.05) is 37.1 Å². The fourth-order valence-electron chi connectivity index (χ4n) is 2.11. The molecule has 124 valence electrons. The molecule has 1 aliphatic rings. The van der Waals surface area contributed by atoms with Gasteiger partial charge in [-0.1, -0.05) is 0 Å². The molecule has 1 heterocycles. The van der Waals surface area contributed by atoms with E-state index in [2.05, 4.69) is 10.1 Å². The molecule has 1 unspecified atom stereocenters. The van der Waals surface area contributed by atoms with Crippen LogP contribution >= 0.6 is 0 Å². The summed E-state index contributed by atoms with van der Waals surface area (Å²) in [6.45, 7) is 1.06. The summed E-state index contributed by atoms with van der Waals surface area (Å²) >= 11 is 0. The summed E-state index contributed by atoms with van der Waals surface area (Å²) in [7, 11) is 1.23. The number of nitrogens with zero attached hydrogens (tertiary/aromatic N) is 1. The zero-order valence-corrected chi connectivity index (χ0v) is 12.8. The largest absolute Gasteiger partial charge is 0.469 e. The third kappa shape index (κ3) is 4.51. The van der Waals surface area contributed by atoms with Crippen LogP contribution in [0, 0.1) is 0 Å². The second-order valence-corrected chi connectivity index (χ2v) is 5.02. The Balaban J connectivity index is 1.95. The molecule has 1 fully saturated rings. The molecule has 1 aromatic rings. The number of hydrogen-bond donors (Lipinski definition) is 2. The summed E-state index contributed by atoms with van der Waals surface area (Å²) in [6.07, 6.45) is -0.192. The van der Waals surface area contributed by atoms with Gasteiger partial charge in [0.1, 0.15) is 6.61 Å². The quantitative estimate of drug-likeness (QED) is 0.731. The van der Waals surface area contributed by atoms with E-state index in [0.717, 1.165) is 5.69 Å². The third-order valence-corrected chi connectivity index (χ3v) is 3.38. The molecule has 0 aromatic heterocycles. The van der Waals surface area contributed by atoms with E-state index in [9.17, 15) is 14.4 Å². The van der Waals surface area contributed by atoms with Crippen LogP contribution in [0.2, 0.25) is 0 Å². The molecule has 0 radical (unpaired) electrons. The molecular weight excluding hydrogens is 302 g/mol. The zero-order valence-electron chi connectivity index (χ0n) is 12.8. The Morgan fingerprint density at radius 2 is 2.09 bits per heavy atom. The number of rotatable bonds is 5. The van der Waals surface area contributed by atoms with Crippen LogP contribution in [0.15, 0.2) is 24.3 Å². The maximum Gasteiger partial charge on any atom is 0.307 e. The van der Waals surface area contributed by atoms with Crippen molar-refractivity contribution in [1.29, 1.82) is 0 Å². The van der Waals surface area contributed by atoms with Gasteiger partial charge in [-0.15, -0.1) is 0 Å². The second kappa shape index (κ2) is 7.70. The van der Waals surface area contributed by atoms with Gasteiger partial charge in [0.25, 0.3) is 5.91 Å². The van der Waals surface area contributed by atoms with Crippen molar-refractivity contribution in [3.8, 4) is 0 Å². The molecule has 23 heavy (non-hydrogen) atoms. The van der Waals surface area contributed by atoms with Gasteiger partial charge in [-0.25, -0.2) is 0 Å². The molecule has 0 saturated carbocycles. The van der Waals surface area contributed by atoms with Gasteiger partial charge >= 0.3 is 5.97 Å². The first-order valence-corrected chi connectivity index (χ1v) is 7.12. The summed E-state index contributed by atoms with van der Waals surface area (Å²) in [5, 5.41) is 2.61. The van der Waals surface area contributed by atoms with Gasteiger partial charge in [0.15, 0.2) is 0 Å². The normalized spacial score (nSPS) is 15.9. The van der Waals surface area contributed by atoms with Crippen LogP contribution < -0.4 is 16.0 Å². The maximum atomic E-state index is 11.9. The third-order valence-electron chi connectivity index (χ3n) is 3.38. The lowest BCUT2D eigenvalue weighted by atomic mass is 10.2. The van der Waals surface area contributed by atoms with Crippen LogP contribution in [0.25, 0.3) is 0 Å². The van der Waals surface area contributed by atoms with Gasteiger partial charge in [-0.05, 0) is 24.3 Å². The first-order chi connectivity index (χ1) is 11.0. The monoisotopic (exact) mass is 321 g/mol. The Bertz CT molecular complexity index is 587. The van der Waals surface area contributed by atoms with Crippen molar-refractivity contribution >= 4 is 29.2 Å². The summed E-state index contributed by atoms with van der Waals surface area (Å²) in [4.78, 5) is 36.3. The Kier molecular flexibility index (Phi) is 5.67. The van der Waals surface area contributed by atoms with Crippen LogP contribution in [0.1, 0.15) is 6.42 Å². The number of hydrogen-bond acceptors (Lipinski definition) is 6. The lowest BCUT2D eigenvalue weighted by Gasteiger charge is -2.27. The summed E-state index contributed by atoms with van der Waals surface area (Å²) in [5.41, 5.74) is 6.89. The Morgan fingerprint density at radius 3 is 2.70 bits per heavy atom. The van der Waals surface area contributed by atoms with Gasteiger partial charge in [0.05, 0.1) is 26.2 Å². The van der Waals surface area contributed by atoms with Crippen molar-refractivity contribution < 1.29 is 23.9 Å². The minimum Gasteiger partial charge on any atom is -0.469 e. The summed E-state index contributed by atoms with van der Waals surface area (Å²) in [6, 6.07) is 5.81. The molecule has 1 aliphatic heterocycles. The van der Waals surface area contributed by atoms with Gasteiger partial charge < -0.3 is 25.4 Å². The van der Waals surface area contributed by atoms with Gasteiger partial charge in [0, 0.05) is 17.9 Å². The van der Waals surface area contributed by atoms with E-state index in [1.165, 1.54) is 7.11 Å². The number of benzene rings is 1. The number of nitrogens with two attached hydrogens (primary N) is 1. The molecule has 3 N–H and O–H groups in total. The summed E-state index contributed by atoms with van der Waals surface area (Å²) < 4.78 is 9.54. The highest BCUT2D eigenvalue weighted by Gasteiger charge is 2.21. The summed E-state index contributed by atoms with van der Waals surface area (Å²) in [5.74, 6) is -1.13. The van der Waals surface area contributed by atoms with Crippen molar-refractivity contribution in [2.24, 2.45) is 5.73 Å². The van der Waals surface area contributed by atoms with Crippen LogP contribution in [0.4, 0.5) is 11.4 Å². The molecule has 0 bridgehead atoms. The van der Waals surface area contributed by atoms with Gasteiger partial charge in [-0.2, -0.15) is 0 Å². The van der Waals surface area contributed by atoms with Crippen LogP contribution in [-0.4, -0.2) is 50.7 Å². The molecule has 8 heteroatoms. The number of amides is 2. The number of carbonyl (C=O) groups excluding carboxylic acids is 3. The first kappa shape index (κ1) is 16.9. The topological polar surface area (TPSA) is 111 Å². The van der Waals surface area contributed by atoms with E-state index in [4.69, 9.17) is 10.5 Å². The fraction of sp³-hybridized carbons (Fsp3) is 0.400. The van der Waals surface area contributed by atoms with Gasteiger partial charge in [0.2, 0.25) is 5.91 Å². The van der Waals surface area contributed by atoms with Gasteiger partial charge in [-0.3, -0.25) is 14.4 Å². The average Bonchev–Trinajstić information content (AvgIpc) is 2.56. The first-order valence-electron chi connectivity index (χ1n) is 7.12. The number of esters is 1. The minimum atomic E-state index is -0.983. The maximum absolute atomic E-state index is 11.9. The number of ether oxygens (including phenoxy) is 2. The molecule has 1 atom stereocenters. The lowest BCUT2D eigenvalue weighted by Crippen LogP contribution is -2.41. The molecule has 8 nitrogen and oxygen atoms in total. The number of anilines is 2. The van der Waals surface area contributed by atoms with Crippen molar-refractivity contribution in [1.82, 2.24) is 0 Å². The predicted molar refractivity (Wildman–Crippen MR) is 82.9 cm³/mol. The molecule has 2 amide bonds. The highest BCUT2D eigenvalue weighted by molar-refractivity contribution is 5.98. The van der Waals surface area contributed by atoms with Crippen LogP contribution in [-0.2, 0) is 23.9 Å². The number of methoxy groups -OCH3 is 1. The smallest absolute Gasteiger partial charge is 0.307 e. The molecule has 1 saturated heterocycles. The molecule has 1 aromatic carbocycles. The van der Waals surface area contributed by atoms with E-state index < -0.39 is 17.9 Å². The number of nitrogens with one attached hydrogen (secondary N) is 1. The number of morpholine rings is 1.